The maximum atomic E-state index is 5.37. The van der Waals surface area contributed by atoms with Crippen molar-refractivity contribution in [3.05, 3.63) is 83.8 Å². The fourth-order valence-electron chi connectivity index (χ4n) is 3.60. The van der Waals surface area contributed by atoms with Gasteiger partial charge < -0.3 is 14.6 Å². The second-order valence-corrected chi connectivity index (χ2v) is 6.52. The molecule has 0 aliphatic carbocycles. The van der Waals surface area contributed by atoms with Crippen LogP contribution in [0.1, 0.15) is 23.3 Å². The number of nitrogens with zero attached hydrogens (tertiary/aromatic N) is 1. The Morgan fingerprint density at radius 1 is 0.840 bits per heavy atom. The molecule has 0 bridgehead atoms. The van der Waals surface area contributed by atoms with Crippen molar-refractivity contribution in [2.24, 2.45) is 0 Å². The SMILES string of the molecule is c1coc(CNCCCN2c3ccccc3CCc3ccccc32)c1. The van der Waals surface area contributed by atoms with Crippen molar-refractivity contribution in [2.45, 2.75) is 25.8 Å². The van der Waals surface area contributed by atoms with Gasteiger partial charge in [0.25, 0.3) is 0 Å². The summed E-state index contributed by atoms with van der Waals surface area (Å²) in [5, 5.41) is 3.47. The van der Waals surface area contributed by atoms with Crippen LogP contribution in [0, 0.1) is 0 Å². The van der Waals surface area contributed by atoms with Crippen molar-refractivity contribution in [3.63, 3.8) is 0 Å². The second-order valence-electron chi connectivity index (χ2n) is 6.52. The molecule has 1 aliphatic heterocycles. The van der Waals surface area contributed by atoms with E-state index in [0.717, 1.165) is 44.7 Å². The predicted octanol–water partition coefficient (Wildman–Crippen LogP) is 4.70. The van der Waals surface area contributed by atoms with Crippen LogP contribution in [0.2, 0.25) is 0 Å². The summed E-state index contributed by atoms with van der Waals surface area (Å²) in [4.78, 5) is 2.49. The van der Waals surface area contributed by atoms with Crippen molar-refractivity contribution in [3.8, 4) is 0 Å². The number of furan rings is 1. The molecule has 0 saturated heterocycles. The monoisotopic (exact) mass is 332 g/mol. The Morgan fingerprint density at radius 2 is 1.52 bits per heavy atom. The Morgan fingerprint density at radius 3 is 2.16 bits per heavy atom. The van der Waals surface area contributed by atoms with Crippen molar-refractivity contribution in [2.75, 3.05) is 18.0 Å². The molecule has 0 unspecified atom stereocenters. The third-order valence-electron chi connectivity index (χ3n) is 4.84. The summed E-state index contributed by atoms with van der Waals surface area (Å²) in [5.41, 5.74) is 5.61. The van der Waals surface area contributed by atoms with Crippen LogP contribution in [-0.4, -0.2) is 13.1 Å². The third kappa shape index (κ3) is 3.62. The predicted molar refractivity (Wildman–Crippen MR) is 102 cm³/mol. The molecule has 0 atom stereocenters. The number of benzene rings is 2. The van der Waals surface area contributed by atoms with Crippen LogP contribution in [0.4, 0.5) is 11.4 Å². The Kier molecular flexibility index (Phi) is 4.84. The molecule has 1 aliphatic rings. The normalized spacial score (nSPS) is 13.2. The van der Waals surface area contributed by atoms with E-state index < -0.39 is 0 Å². The van der Waals surface area contributed by atoms with E-state index in [1.54, 1.807) is 6.26 Å². The highest BCUT2D eigenvalue weighted by molar-refractivity contribution is 5.71. The van der Waals surface area contributed by atoms with Crippen LogP contribution in [0.3, 0.4) is 0 Å². The van der Waals surface area contributed by atoms with Gasteiger partial charge in [-0.15, -0.1) is 0 Å². The van der Waals surface area contributed by atoms with Gasteiger partial charge in [0.2, 0.25) is 0 Å². The summed E-state index contributed by atoms with van der Waals surface area (Å²) in [5.74, 6) is 0.991. The Balaban J connectivity index is 1.46. The van der Waals surface area contributed by atoms with Gasteiger partial charge in [-0.2, -0.15) is 0 Å². The molecule has 1 N–H and O–H groups in total. The van der Waals surface area contributed by atoms with Crippen LogP contribution >= 0.6 is 0 Å². The molecule has 3 nitrogen and oxygen atoms in total. The number of para-hydroxylation sites is 2. The second kappa shape index (κ2) is 7.58. The van der Waals surface area contributed by atoms with Crippen LogP contribution in [0.15, 0.2) is 71.3 Å². The zero-order valence-corrected chi connectivity index (χ0v) is 14.4. The highest BCUT2D eigenvalue weighted by Crippen LogP contribution is 2.35. The van der Waals surface area contributed by atoms with E-state index in [2.05, 4.69) is 58.7 Å². The molecule has 3 aromatic rings. The van der Waals surface area contributed by atoms with Gasteiger partial charge in [0.1, 0.15) is 5.76 Å². The summed E-state index contributed by atoms with van der Waals surface area (Å²) in [6.45, 7) is 2.78. The molecule has 0 amide bonds. The number of fused-ring (bicyclic) bond motifs is 2. The number of rotatable bonds is 6. The molecule has 0 spiro atoms. The van der Waals surface area contributed by atoms with E-state index in [-0.39, 0.29) is 0 Å². The first kappa shape index (κ1) is 16.0. The summed E-state index contributed by atoms with van der Waals surface area (Å²) < 4.78 is 5.37. The number of hydrogen-bond donors (Lipinski definition) is 1. The lowest BCUT2D eigenvalue weighted by atomic mass is 10.0. The molecule has 4 rings (SSSR count). The zero-order valence-electron chi connectivity index (χ0n) is 14.4. The molecule has 128 valence electrons. The Bertz CT molecular complexity index is 763. The van der Waals surface area contributed by atoms with Gasteiger partial charge in [0, 0.05) is 17.9 Å². The van der Waals surface area contributed by atoms with Crippen molar-refractivity contribution in [1.82, 2.24) is 5.32 Å². The van der Waals surface area contributed by atoms with Gasteiger partial charge in [0.15, 0.2) is 0 Å². The van der Waals surface area contributed by atoms with Gasteiger partial charge in [-0.1, -0.05) is 36.4 Å². The zero-order chi connectivity index (χ0) is 16.9. The van der Waals surface area contributed by atoms with Gasteiger partial charge in [0.05, 0.1) is 12.8 Å². The van der Waals surface area contributed by atoms with Crippen LogP contribution in [0.25, 0.3) is 0 Å². The van der Waals surface area contributed by atoms with E-state index in [4.69, 9.17) is 4.42 Å². The lowest BCUT2D eigenvalue weighted by molar-refractivity contribution is 0.481. The summed E-state index contributed by atoms with van der Waals surface area (Å²) >= 11 is 0. The number of anilines is 2. The van der Waals surface area contributed by atoms with Crippen LogP contribution in [0.5, 0.6) is 0 Å². The largest absolute Gasteiger partial charge is 0.468 e. The van der Waals surface area contributed by atoms with E-state index in [1.165, 1.54) is 22.5 Å². The maximum Gasteiger partial charge on any atom is 0.117 e. The van der Waals surface area contributed by atoms with Gasteiger partial charge in [-0.05, 0) is 61.2 Å². The third-order valence-corrected chi connectivity index (χ3v) is 4.84. The summed E-state index contributed by atoms with van der Waals surface area (Å²) in [6, 6.07) is 21.6. The average Bonchev–Trinajstić information content (AvgIpc) is 3.12. The van der Waals surface area contributed by atoms with E-state index in [9.17, 15) is 0 Å². The van der Waals surface area contributed by atoms with Gasteiger partial charge in [-0.25, -0.2) is 0 Å². The van der Waals surface area contributed by atoms with Crippen molar-refractivity contribution >= 4 is 11.4 Å². The van der Waals surface area contributed by atoms with Gasteiger partial charge in [-0.3, -0.25) is 0 Å². The molecular weight excluding hydrogens is 308 g/mol. The first-order chi connectivity index (χ1) is 12.4. The highest BCUT2D eigenvalue weighted by atomic mass is 16.3. The molecule has 25 heavy (non-hydrogen) atoms. The fourth-order valence-corrected chi connectivity index (χ4v) is 3.60. The molecule has 1 aromatic heterocycles. The molecule has 0 fully saturated rings. The molecule has 2 heterocycles. The van der Waals surface area contributed by atoms with E-state index >= 15 is 0 Å². The first-order valence-electron chi connectivity index (χ1n) is 9.08. The molecule has 2 aromatic carbocycles. The van der Waals surface area contributed by atoms with E-state index in [0.29, 0.717) is 0 Å². The standard InChI is InChI=1S/C22H24N2O/c1-3-10-21-18(7-1)12-13-19-8-2-4-11-22(19)24(21)15-6-14-23-17-20-9-5-16-25-20/h1-5,7-11,16,23H,6,12-15,17H2. The topological polar surface area (TPSA) is 28.4 Å². The minimum absolute atomic E-state index is 0.792. The van der Waals surface area contributed by atoms with Crippen molar-refractivity contribution < 1.29 is 4.42 Å². The minimum atomic E-state index is 0.792. The number of nitrogens with one attached hydrogen (secondary N) is 1. The Hall–Kier alpha value is -2.52. The molecular formula is C22H24N2O. The summed E-state index contributed by atoms with van der Waals surface area (Å²) in [7, 11) is 0. The maximum absolute atomic E-state index is 5.37. The lowest BCUT2D eigenvalue weighted by Crippen LogP contribution is -2.24. The Labute approximate surface area is 149 Å². The molecule has 3 heteroatoms. The minimum Gasteiger partial charge on any atom is -0.468 e. The fraction of sp³-hybridized carbons (Fsp3) is 0.273. The van der Waals surface area contributed by atoms with E-state index in [1.807, 2.05) is 12.1 Å². The average molecular weight is 332 g/mol. The van der Waals surface area contributed by atoms with Crippen LogP contribution < -0.4 is 10.2 Å². The number of hydrogen-bond acceptors (Lipinski definition) is 3. The summed E-state index contributed by atoms with van der Waals surface area (Å²) in [6.07, 6.45) is 5.03. The number of aryl methyl sites for hydroxylation is 2. The molecule has 0 radical (unpaired) electrons. The quantitative estimate of drug-likeness (QED) is 0.664. The first-order valence-corrected chi connectivity index (χ1v) is 9.08. The lowest BCUT2D eigenvalue weighted by Gasteiger charge is -2.27. The molecule has 0 saturated carbocycles. The highest BCUT2D eigenvalue weighted by Gasteiger charge is 2.19. The smallest absolute Gasteiger partial charge is 0.117 e. The van der Waals surface area contributed by atoms with Crippen molar-refractivity contribution in [1.29, 1.82) is 0 Å². The van der Waals surface area contributed by atoms with Crippen LogP contribution in [-0.2, 0) is 19.4 Å². The van der Waals surface area contributed by atoms with Gasteiger partial charge >= 0.3 is 0 Å².